The standard InChI is InChI=1S/C25H22FN3O3/c1-25(2,3)32-22(30)13-10-16-8-11-17(12-9-16)23-27-14-18-21(15-28-24(18)29-23)31-20-7-5-4-6-19(20)26/h4-15H,1-3H3,(H,27,28,29)/b13-10+. The van der Waals surface area contributed by atoms with Gasteiger partial charge in [0.25, 0.3) is 0 Å². The molecule has 0 unspecified atom stereocenters. The van der Waals surface area contributed by atoms with E-state index in [1.165, 1.54) is 12.1 Å². The number of carbonyl (C=O) groups is 1. The van der Waals surface area contributed by atoms with Gasteiger partial charge in [0.1, 0.15) is 11.2 Å². The Morgan fingerprint density at radius 3 is 2.53 bits per heavy atom. The molecule has 0 saturated carbocycles. The normalized spacial score (nSPS) is 11.8. The first-order valence-electron chi connectivity index (χ1n) is 10.1. The minimum atomic E-state index is -0.529. The summed E-state index contributed by atoms with van der Waals surface area (Å²) in [5, 5.41) is 0.647. The van der Waals surface area contributed by atoms with E-state index >= 15 is 0 Å². The van der Waals surface area contributed by atoms with Crippen LogP contribution in [0, 0.1) is 5.82 Å². The Labute approximate surface area is 184 Å². The van der Waals surface area contributed by atoms with Crippen molar-refractivity contribution in [2.45, 2.75) is 26.4 Å². The Kier molecular flexibility index (Phi) is 5.73. The van der Waals surface area contributed by atoms with Gasteiger partial charge in [0.05, 0.1) is 5.39 Å². The number of H-pyrrole nitrogens is 1. The van der Waals surface area contributed by atoms with E-state index in [0.29, 0.717) is 22.6 Å². The molecule has 162 valence electrons. The number of para-hydroxylation sites is 1. The van der Waals surface area contributed by atoms with Crippen molar-refractivity contribution < 1.29 is 18.7 Å². The molecule has 2 aromatic heterocycles. The van der Waals surface area contributed by atoms with Gasteiger partial charge >= 0.3 is 5.97 Å². The van der Waals surface area contributed by atoms with E-state index in [1.807, 2.05) is 45.0 Å². The highest BCUT2D eigenvalue weighted by molar-refractivity contribution is 5.87. The summed E-state index contributed by atoms with van der Waals surface area (Å²) in [4.78, 5) is 23.8. The summed E-state index contributed by atoms with van der Waals surface area (Å²) in [7, 11) is 0. The number of nitrogens with one attached hydrogen (secondary N) is 1. The van der Waals surface area contributed by atoms with Gasteiger partial charge in [-0.05, 0) is 44.5 Å². The van der Waals surface area contributed by atoms with Crippen LogP contribution in [0.15, 0.2) is 67.0 Å². The molecule has 0 saturated heterocycles. The lowest BCUT2D eigenvalue weighted by Crippen LogP contribution is -2.22. The number of ether oxygens (including phenoxy) is 2. The van der Waals surface area contributed by atoms with Gasteiger partial charge in [-0.2, -0.15) is 0 Å². The smallest absolute Gasteiger partial charge is 0.331 e. The molecule has 0 aliphatic rings. The van der Waals surface area contributed by atoms with Crippen LogP contribution in [0.5, 0.6) is 11.5 Å². The number of carbonyl (C=O) groups excluding carboxylic acids is 1. The molecule has 7 heteroatoms. The zero-order valence-electron chi connectivity index (χ0n) is 17.9. The summed E-state index contributed by atoms with van der Waals surface area (Å²) in [5.41, 5.74) is 1.71. The summed E-state index contributed by atoms with van der Waals surface area (Å²) in [6.07, 6.45) is 6.36. The predicted octanol–water partition coefficient (Wildman–Crippen LogP) is 5.91. The first-order chi connectivity index (χ1) is 15.3. The van der Waals surface area contributed by atoms with Gasteiger partial charge in [-0.25, -0.2) is 19.2 Å². The van der Waals surface area contributed by atoms with Crippen LogP contribution in [-0.4, -0.2) is 26.5 Å². The fourth-order valence-electron chi connectivity index (χ4n) is 3.00. The van der Waals surface area contributed by atoms with Crippen LogP contribution < -0.4 is 4.74 Å². The molecular weight excluding hydrogens is 409 g/mol. The number of nitrogens with zero attached hydrogens (tertiary/aromatic N) is 2. The molecule has 0 spiro atoms. The summed E-state index contributed by atoms with van der Waals surface area (Å²) in [6, 6.07) is 13.7. The third-order valence-corrected chi connectivity index (χ3v) is 4.44. The third kappa shape index (κ3) is 5.00. The highest BCUT2D eigenvalue weighted by Crippen LogP contribution is 2.31. The fourth-order valence-corrected chi connectivity index (χ4v) is 3.00. The Bertz CT molecular complexity index is 1290. The maximum Gasteiger partial charge on any atom is 0.331 e. The molecule has 6 nitrogen and oxygen atoms in total. The number of hydrogen-bond donors (Lipinski definition) is 1. The maximum atomic E-state index is 13.9. The van der Waals surface area contributed by atoms with Crippen molar-refractivity contribution in [3.8, 4) is 22.9 Å². The quantitative estimate of drug-likeness (QED) is 0.314. The second-order valence-corrected chi connectivity index (χ2v) is 8.13. The SMILES string of the molecule is CC(C)(C)OC(=O)/C=C/c1ccc(-c2ncc3c(Oc4ccccc4F)c[nH]c3n2)cc1. The second-order valence-electron chi connectivity index (χ2n) is 8.13. The number of aromatic amines is 1. The van der Waals surface area contributed by atoms with Crippen LogP contribution in [0.4, 0.5) is 4.39 Å². The average Bonchev–Trinajstić information content (AvgIpc) is 3.15. The lowest BCUT2D eigenvalue weighted by atomic mass is 10.1. The molecule has 32 heavy (non-hydrogen) atoms. The van der Waals surface area contributed by atoms with E-state index in [2.05, 4.69) is 15.0 Å². The van der Waals surface area contributed by atoms with Gasteiger partial charge in [-0.3, -0.25) is 0 Å². The van der Waals surface area contributed by atoms with E-state index in [-0.39, 0.29) is 5.75 Å². The van der Waals surface area contributed by atoms with E-state index in [1.54, 1.807) is 36.7 Å². The number of fused-ring (bicyclic) bond motifs is 1. The minimum absolute atomic E-state index is 0.132. The first-order valence-corrected chi connectivity index (χ1v) is 10.1. The zero-order valence-corrected chi connectivity index (χ0v) is 17.9. The number of benzene rings is 2. The van der Waals surface area contributed by atoms with E-state index in [9.17, 15) is 9.18 Å². The van der Waals surface area contributed by atoms with Crippen LogP contribution in [0.2, 0.25) is 0 Å². The molecule has 4 aromatic rings. The van der Waals surface area contributed by atoms with Gasteiger partial charge < -0.3 is 14.5 Å². The van der Waals surface area contributed by atoms with Gasteiger partial charge in [-0.1, -0.05) is 36.4 Å². The number of halogens is 1. The van der Waals surface area contributed by atoms with Crippen molar-refractivity contribution in [1.29, 1.82) is 0 Å². The van der Waals surface area contributed by atoms with Crippen molar-refractivity contribution in [3.63, 3.8) is 0 Å². The number of hydrogen-bond acceptors (Lipinski definition) is 5. The molecule has 0 aliphatic heterocycles. The zero-order chi connectivity index (χ0) is 22.7. The summed E-state index contributed by atoms with van der Waals surface area (Å²) >= 11 is 0. The summed E-state index contributed by atoms with van der Waals surface area (Å²) < 4.78 is 24.8. The molecule has 0 aliphatic carbocycles. The Morgan fingerprint density at radius 1 is 1.06 bits per heavy atom. The Hall–Kier alpha value is -4.00. The maximum absolute atomic E-state index is 13.9. The number of rotatable bonds is 5. The van der Waals surface area contributed by atoms with Crippen LogP contribution in [0.3, 0.4) is 0 Å². The topological polar surface area (TPSA) is 77.1 Å². The molecule has 4 rings (SSSR count). The van der Waals surface area contributed by atoms with E-state index in [4.69, 9.17) is 9.47 Å². The van der Waals surface area contributed by atoms with Crippen LogP contribution in [-0.2, 0) is 9.53 Å². The minimum Gasteiger partial charge on any atom is -0.457 e. The largest absolute Gasteiger partial charge is 0.457 e. The van der Waals surface area contributed by atoms with Crippen molar-refractivity contribution in [2.24, 2.45) is 0 Å². The lowest BCUT2D eigenvalue weighted by Gasteiger charge is -2.17. The van der Waals surface area contributed by atoms with Crippen molar-refractivity contribution in [3.05, 3.63) is 78.4 Å². The van der Waals surface area contributed by atoms with Gasteiger partial charge in [-0.15, -0.1) is 0 Å². The monoisotopic (exact) mass is 431 g/mol. The average molecular weight is 431 g/mol. The van der Waals surface area contributed by atoms with Crippen LogP contribution >= 0.6 is 0 Å². The summed E-state index contributed by atoms with van der Waals surface area (Å²) in [6.45, 7) is 5.47. The molecule has 2 heterocycles. The Balaban J connectivity index is 1.50. The van der Waals surface area contributed by atoms with E-state index in [0.717, 1.165) is 11.1 Å². The molecule has 1 N–H and O–H groups in total. The van der Waals surface area contributed by atoms with Gasteiger partial charge in [0, 0.05) is 24.0 Å². The first kappa shape index (κ1) is 21.2. The summed E-state index contributed by atoms with van der Waals surface area (Å²) in [5.74, 6) is 0.266. The molecule has 2 aromatic carbocycles. The Morgan fingerprint density at radius 2 is 1.81 bits per heavy atom. The van der Waals surface area contributed by atoms with Crippen molar-refractivity contribution >= 4 is 23.1 Å². The van der Waals surface area contributed by atoms with Gasteiger partial charge in [0.15, 0.2) is 23.1 Å². The van der Waals surface area contributed by atoms with Crippen LogP contribution in [0.25, 0.3) is 28.5 Å². The van der Waals surface area contributed by atoms with Gasteiger partial charge in [0.2, 0.25) is 0 Å². The molecule has 0 radical (unpaired) electrons. The lowest BCUT2D eigenvalue weighted by molar-refractivity contribution is -0.148. The molecular formula is C25H22FN3O3. The number of aromatic nitrogens is 3. The highest BCUT2D eigenvalue weighted by atomic mass is 19.1. The second kappa shape index (κ2) is 8.63. The molecule has 0 bridgehead atoms. The predicted molar refractivity (Wildman–Crippen MR) is 121 cm³/mol. The molecule has 0 amide bonds. The third-order valence-electron chi connectivity index (χ3n) is 4.44. The van der Waals surface area contributed by atoms with E-state index < -0.39 is 17.4 Å². The number of esters is 1. The van der Waals surface area contributed by atoms with Crippen molar-refractivity contribution in [2.75, 3.05) is 0 Å². The van der Waals surface area contributed by atoms with Crippen molar-refractivity contribution in [1.82, 2.24) is 15.0 Å². The molecule has 0 fully saturated rings. The fraction of sp³-hybridized carbons (Fsp3) is 0.160. The molecule has 0 atom stereocenters. The van der Waals surface area contributed by atoms with Crippen LogP contribution in [0.1, 0.15) is 26.3 Å². The highest BCUT2D eigenvalue weighted by Gasteiger charge is 2.14.